The van der Waals surface area contributed by atoms with Gasteiger partial charge in [0.15, 0.2) is 17.3 Å². The zero-order valence-electron chi connectivity index (χ0n) is 10.6. The number of aromatic nitrogens is 1. The van der Waals surface area contributed by atoms with Crippen LogP contribution in [0, 0.1) is 11.6 Å². The number of Topliss-reactive ketones (excluding diaryl/α,β-unsaturated/α-hetero) is 1. The number of ketones is 1. The largest absolute Gasteiger partial charge is 0.480 e. The molecule has 2 rings (SSSR count). The van der Waals surface area contributed by atoms with E-state index in [1.165, 1.54) is 11.3 Å². The molecule has 0 spiro atoms. The van der Waals surface area contributed by atoms with Crippen molar-refractivity contribution < 1.29 is 18.3 Å². The fourth-order valence-corrected chi connectivity index (χ4v) is 2.89. The molecule has 0 N–H and O–H groups in total. The first kappa shape index (κ1) is 15.1. The molecule has 0 aliphatic carbocycles. The Labute approximate surface area is 126 Å². The van der Waals surface area contributed by atoms with Crippen LogP contribution < -0.4 is 4.74 Å². The van der Waals surface area contributed by atoms with E-state index in [1.54, 1.807) is 12.3 Å². The Hall–Kier alpha value is -1.34. The van der Waals surface area contributed by atoms with Crippen molar-refractivity contribution >= 4 is 33.0 Å². The van der Waals surface area contributed by atoms with E-state index in [0.717, 1.165) is 19.1 Å². The molecule has 0 amide bonds. The molecule has 2 aromatic rings. The second-order valence-corrected chi connectivity index (χ2v) is 5.76. The molecular formula is C13H10BrF2NO2S. The summed E-state index contributed by atoms with van der Waals surface area (Å²) in [4.78, 5) is 15.4. The Bertz CT molecular complexity index is 660. The number of carbonyl (C=O) groups excluding carboxylic acids is 1. The monoisotopic (exact) mass is 361 g/mol. The van der Waals surface area contributed by atoms with Gasteiger partial charge in [0.25, 0.3) is 0 Å². The van der Waals surface area contributed by atoms with Gasteiger partial charge in [-0.3, -0.25) is 4.79 Å². The lowest BCUT2D eigenvalue weighted by atomic mass is 10.1. The predicted molar refractivity (Wildman–Crippen MR) is 75.2 cm³/mol. The van der Waals surface area contributed by atoms with Gasteiger partial charge in [-0.05, 0) is 41.9 Å². The third-order valence-electron chi connectivity index (χ3n) is 2.55. The van der Waals surface area contributed by atoms with Crippen molar-refractivity contribution in [3.05, 3.63) is 44.3 Å². The molecule has 0 bridgehead atoms. The summed E-state index contributed by atoms with van der Waals surface area (Å²) in [6.07, 6.45) is -0.508. The van der Waals surface area contributed by atoms with Crippen LogP contribution in [0.3, 0.4) is 0 Å². The summed E-state index contributed by atoms with van der Waals surface area (Å²) in [5.74, 6) is -2.74. The number of hydrogen-bond donors (Lipinski definition) is 0. The van der Waals surface area contributed by atoms with E-state index < -0.39 is 29.1 Å². The SMILES string of the molecule is CC(=O)c1c(F)ccc(OC(C)c2nc(Br)cs2)c1F. The van der Waals surface area contributed by atoms with Crippen molar-refractivity contribution in [2.45, 2.75) is 20.0 Å². The van der Waals surface area contributed by atoms with Gasteiger partial charge in [-0.1, -0.05) is 0 Å². The Morgan fingerprint density at radius 2 is 2.15 bits per heavy atom. The number of nitrogens with zero attached hydrogens (tertiary/aromatic N) is 1. The zero-order chi connectivity index (χ0) is 14.9. The molecule has 1 aromatic heterocycles. The highest BCUT2D eigenvalue weighted by atomic mass is 79.9. The smallest absolute Gasteiger partial charge is 0.178 e. The first-order chi connectivity index (χ1) is 9.40. The maximum absolute atomic E-state index is 14.1. The van der Waals surface area contributed by atoms with Crippen molar-refractivity contribution in [2.75, 3.05) is 0 Å². The molecule has 106 valence electrons. The van der Waals surface area contributed by atoms with E-state index in [1.807, 2.05) is 0 Å². The first-order valence-corrected chi connectivity index (χ1v) is 7.34. The van der Waals surface area contributed by atoms with Gasteiger partial charge in [0.2, 0.25) is 0 Å². The Balaban J connectivity index is 2.30. The second-order valence-electron chi connectivity index (χ2n) is 4.06. The minimum absolute atomic E-state index is 0.171. The molecule has 1 heterocycles. The number of ether oxygens (including phenoxy) is 1. The van der Waals surface area contributed by atoms with Crippen molar-refractivity contribution in [1.82, 2.24) is 4.98 Å². The summed E-state index contributed by atoms with van der Waals surface area (Å²) in [5, 5.41) is 2.42. The highest BCUT2D eigenvalue weighted by molar-refractivity contribution is 9.10. The highest BCUT2D eigenvalue weighted by Gasteiger charge is 2.21. The fraction of sp³-hybridized carbons (Fsp3) is 0.231. The molecule has 0 aliphatic rings. The summed E-state index contributed by atoms with van der Waals surface area (Å²) in [7, 11) is 0. The van der Waals surface area contributed by atoms with E-state index in [-0.39, 0.29) is 5.75 Å². The summed E-state index contributed by atoms with van der Waals surface area (Å²) in [6.45, 7) is 2.80. The van der Waals surface area contributed by atoms with Crippen LogP contribution in [0.4, 0.5) is 8.78 Å². The number of benzene rings is 1. The Kier molecular flexibility index (Phi) is 4.49. The van der Waals surface area contributed by atoms with Gasteiger partial charge in [0.1, 0.15) is 21.5 Å². The fourth-order valence-electron chi connectivity index (χ4n) is 1.64. The van der Waals surface area contributed by atoms with Crippen LogP contribution in [0.15, 0.2) is 22.1 Å². The maximum atomic E-state index is 14.1. The van der Waals surface area contributed by atoms with E-state index in [4.69, 9.17) is 4.74 Å². The van der Waals surface area contributed by atoms with Gasteiger partial charge in [0.05, 0.1) is 5.56 Å². The minimum atomic E-state index is -0.986. The molecule has 7 heteroatoms. The second kappa shape index (κ2) is 5.97. The molecule has 0 saturated carbocycles. The van der Waals surface area contributed by atoms with Crippen LogP contribution in [0.1, 0.15) is 35.3 Å². The Morgan fingerprint density at radius 1 is 1.45 bits per heavy atom. The summed E-state index contributed by atoms with van der Waals surface area (Å²) < 4.78 is 33.6. The molecule has 3 nitrogen and oxygen atoms in total. The van der Waals surface area contributed by atoms with Crippen molar-refractivity contribution in [3.63, 3.8) is 0 Å². The molecular weight excluding hydrogens is 352 g/mol. The molecule has 1 unspecified atom stereocenters. The number of rotatable bonds is 4. The van der Waals surface area contributed by atoms with Gasteiger partial charge in [0, 0.05) is 5.38 Å². The van der Waals surface area contributed by atoms with Crippen LogP contribution >= 0.6 is 27.3 Å². The van der Waals surface area contributed by atoms with Crippen LogP contribution in [0.2, 0.25) is 0 Å². The van der Waals surface area contributed by atoms with E-state index >= 15 is 0 Å². The van der Waals surface area contributed by atoms with Gasteiger partial charge in [-0.25, -0.2) is 13.8 Å². The van der Waals surface area contributed by atoms with Crippen LogP contribution in [0.25, 0.3) is 0 Å². The first-order valence-electron chi connectivity index (χ1n) is 5.66. The lowest BCUT2D eigenvalue weighted by molar-refractivity contribution is 0.100. The maximum Gasteiger partial charge on any atom is 0.178 e. The van der Waals surface area contributed by atoms with Crippen LogP contribution in [-0.4, -0.2) is 10.8 Å². The third kappa shape index (κ3) is 3.04. The van der Waals surface area contributed by atoms with E-state index in [9.17, 15) is 13.6 Å². The molecule has 0 saturated heterocycles. The number of thiazole rings is 1. The van der Waals surface area contributed by atoms with E-state index in [0.29, 0.717) is 9.61 Å². The standard InChI is InChI=1S/C13H10BrF2NO2S/c1-6(18)11-8(15)3-4-9(12(11)16)19-7(2)13-17-10(14)5-20-13/h3-5,7H,1-2H3. The molecule has 0 fully saturated rings. The average molecular weight is 362 g/mol. The van der Waals surface area contributed by atoms with Crippen LogP contribution in [-0.2, 0) is 0 Å². The number of hydrogen-bond acceptors (Lipinski definition) is 4. The normalized spacial score (nSPS) is 12.2. The molecule has 0 aliphatic heterocycles. The van der Waals surface area contributed by atoms with Crippen LogP contribution in [0.5, 0.6) is 5.75 Å². The molecule has 1 atom stereocenters. The van der Waals surface area contributed by atoms with E-state index in [2.05, 4.69) is 20.9 Å². The minimum Gasteiger partial charge on any atom is -0.480 e. The number of halogens is 3. The average Bonchev–Trinajstić information content (AvgIpc) is 2.79. The zero-order valence-corrected chi connectivity index (χ0v) is 13.0. The van der Waals surface area contributed by atoms with Crippen molar-refractivity contribution in [3.8, 4) is 5.75 Å². The highest BCUT2D eigenvalue weighted by Crippen LogP contribution is 2.30. The molecule has 0 radical (unpaired) electrons. The van der Waals surface area contributed by atoms with Crippen molar-refractivity contribution in [1.29, 1.82) is 0 Å². The van der Waals surface area contributed by atoms with Crippen molar-refractivity contribution in [2.24, 2.45) is 0 Å². The molecule has 20 heavy (non-hydrogen) atoms. The lowest BCUT2D eigenvalue weighted by Crippen LogP contribution is -2.08. The third-order valence-corrected chi connectivity index (χ3v) is 4.27. The lowest BCUT2D eigenvalue weighted by Gasteiger charge is -2.14. The summed E-state index contributed by atoms with van der Waals surface area (Å²) in [5.41, 5.74) is -0.588. The van der Waals surface area contributed by atoms with Gasteiger partial charge in [-0.2, -0.15) is 0 Å². The summed E-state index contributed by atoms with van der Waals surface area (Å²) in [6, 6.07) is 2.18. The van der Waals surface area contributed by atoms with Gasteiger partial charge < -0.3 is 4.74 Å². The van der Waals surface area contributed by atoms with Gasteiger partial charge >= 0.3 is 0 Å². The quantitative estimate of drug-likeness (QED) is 0.751. The molecule has 1 aromatic carbocycles. The topological polar surface area (TPSA) is 39.2 Å². The summed E-state index contributed by atoms with van der Waals surface area (Å²) >= 11 is 4.57. The number of carbonyl (C=O) groups is 1. The van der Waals surface area contributed by atoms with Gasteiger partial charge in [-0.15, -0.1) is 11.3 Å². The predicted octanol–water partition coefficient (Wildman–Crippen LogP) is 4.53. The Morgan fingerprint density at radius 3 is 2.70 bits per heavy atom.